The van der Waals surface area contributed by atoms with Gasteiger partial charge in [0.15, 0.2) is 0 Å². The molecule has 0 aromatic heterocycles. The highest BCUT2D eigenvalue weighted by molar-refractivity contribution is 5.79. The molecule has 1 fully saturated rings. The SMILES string of the molecule is O=C(Cc1c(F)cccc1F)N1CCCCC1CO. The van der Waals surface area contributed by atoms with Gasteiger partial charge in [-0.2, -0.15) is 0 Å². The van der Waals surface area contributed by atoms with Gasteiger partial charge in [-0.05, 0) is 31.4 Å². The monoisotopic (exact) mass is 269 g/mol. The van der Waals surface area contributed by atoms with E-state index in [4.69, 9.17) is 0 Å². The lowest BCUT2D eigenvalue weighted by molar-refractivity contribution is -0.135. The number of halogens is 2. The quantitative estimate of drug-likeness (QED) is 0.910. The number of likely N-dealkylation sites (tertiary alicyclic amines) is 1. The van der Waals surface area contributed by atoms with Crippen LogP contribution in [0, 0.1) is 11.6 Å². The van der Waals surface area contributed by atoms with E-state index >= 15 is 0 Å². The van der Waals surface area contributed by atoms with Crippen LogP contribution in [0.2, 0.25) is 0 Å². The molecular formula is C14H17F2NO2. The number of carbonyl (C=O) groups is 1. The van der Waals surface area contributed by atoms with Crippen LogP contribution in [0.3, 0.4) is 0 Å². The van der Waals surface area contributed by atoms with Crippen LogP contribution in [0.1, 0.15) is 24.8 Å². The van der Waals surface area contributed by atoms with Gasteiger partial charge in [-0.1, -0.05) is 6.07 Å². The van der Waals surface area contributed by atoms with E-state index in [1.807, 2.05) is 0 Å². The van der Waals surface area contributed by atoms with E-state index in [1.54, 1.807) is 0 Å². The van der Waals surface area contributed by atoms with Crippen LogP contribution in [-0.4, -0.2) is 35.1 Å². The molecule has 1 heterocycles. The molecule has 1 aliphatic heterocycles. The zero-order valence-corrected chi connectivity index (χ0v) is 10.6. The van der Waals surface area contributed by atoms with Crippen molar-refractivity contribution in [2.45, 2.75) is 31.7 Å². The van der Waals surface area contributed by atoms with Crippen molar-refractivity contribution in [3.05, 3.63) is 35.4 Å². The molecule has 1 aromatic rings. The second kappa shape index (κ2) is 6.10. The predicted octanol–water partition coefficient (Wildman–Crippen LogP) is 1.88. The molecule has 1 aliphatic rings. The standard InChI is InChI=1S/C14H17F2NO2/c15-12-5-3-6-13(16)11(12)8-14(19)17-7-2-1-4-10(17)9-18/h3,5-6,10,18H,1-2,4,7-9H2. The lowest BCUT2D eigenvalue weighted by Gasteiger charge is -2.34. The van der Waals surface area contributed by atoms with E-state index in [9.17, 15) is 18.7 Å². The fourth-order valence-electron chi connectivity index (χ4n) is 2.47. The van der Waals surface area contributed by atoms with Crippen LogP contribution in [0.25, 0.3) is 0 Å². The highest BCUT2D eigenvalue weighted by Gasteiger charge is 2.27. The molecule has 104 valence electrons. The summed E-state index contributed by atoms with van der Waals surface area (Å²) in [5.41, 5.74) is -0.199. The smallest absolute Gasteiger partial charge is 0.227 e. The van der Waals surface area contributed by atoms with Crippen LogP contribution >= 0.6 is 0 Å². The number of hydrogen-bond acceptors (Lipinski definition) is 2. The Morgan fingerprint density at radius 2 is 2.00 bits per heavy atom. The van der Waals surface area contributed by atoms with Crippen LogP contribution in [0.15, 0.2) is 18.2 Å². The normalized spacial score (nSPS) is 19.5. The van der Waals surface area contributed by atoms with Gasteiger partial charge in [0.2, 0.25) is 5.91 Å². The number of benzene rings is 1. The van der Waals surface area contributed by atoms with Crippen LogP contribution in [0.4, 0.5) is 8.78 Å². The molecule has 1 atom stereocenters. The van der Waals surface area contributed by atoms with E-state index in [1.165, 1.54) is 11.0 Å². The van der Waals surface area contributed by atoms with E-state index in [2.05, 4.69) is 0 Å². The van der Waals surface area contributed by atoms with Crippen molar-refractivity contribution in [1.29, 1.82) is 0 Å². The van der Waals surface area contributed by atoms with Crippen LogP contribution < -0.4 is 0 Å². The van der Waals surface area contributed by atoms with Gasteiger partial charge in [0.1, 0.15) is 11.6 Å². The Hall–Kier alpha value is -1.49. The number of carbonyl (C=O) groups excluding carboxylic acids is 1. The highest BCUT2D eigenvalue weighted by atomic mass is 19.1. The Balaban J connectivity index is 2.12. The maximum Gasteiger partial charge on any atom is 0.227 e. The number of nitrogens with zero attached hydrogens (tertiary/aromatic N) is 1. The lowest BCUT2D eigenvalue weighted by atomic mass is 10.0. The molecule has 0 aliphatic carbocycles. The largest absolute Gasteiger partial charge is 0.394 e. The molecular weight excluding hydrogens is 252 g/mol. The van der Waals surface area contributed by atoms with Gasteiger partial charge in [0, 0.05) is 12.1 Å². The first-order chi connectivity index (χ1) is 9.13. The fourth-order valence-corrected chi connectivity index (χ4v) is 2.47. The van der Waals surface area contributed by atoms with E-state index in [-0.39, 0.29) is 30.5 Å². The summed E-state index contributed by atoms with van der Waals surface area (Å²) in [4.78, 5) is 13.7. The molecule has 0 radical (unpaired) electrons. The highest BCUT2D eigenvalue weighted by Crippen LogP contribution is 2.19. The first kappa shape index (κ1) is 13.9. The third kappa shape index (κ3) is 3.10. The lowest BCUT2D eigenvalue weighted by Crippen LogP contribution is -2.46. The number of amides is 1. The Kier molecular flexibility index (Phi) is 4.47. The molecule has 5 heteroatoms. The molecule has 1 N–H and O–H groups in total. The summed E-state index contributed by atoms with van der Waals surface area (Å²) in [6.45, 7) is 0.436. The van der Waals surface area contributed by atoms with Crippen molar-refractivity contribution in [2.75, 3.05) is 13.2 Å². The minimum atomic E-state index is -0.703. The summed E-state index contributed by atoms with van der Waals surface area (Å²) in [6, 6.07) is 3.34. The summed E-state index contributed by atoms with van der Waals surface area (Å²) >= 11 is 0. The Labute approximate surface area is 110 Å². The molecule has 1 amide bonds. The van der Waals surface area contributed by atoms with Crippen molar-refractivity contribution in [3.8, 4) is 0 Å². The van der Waals surface area contributed by atoms with Crippen LogP contribution in [-0.2, 0) is 11.2 Å². The Morgan fingerprint density at radius 1 is 1.32 bits per heavy atom. The number of rotatable bonds is 3. The van der Waals surface area contributed by atoms with Gasteiger partial charge >= 0.3 is 0 Å². The summed E-state index contributed by atoms with van der Waals surface area (Å²) in [6.07, 6.45) is 2.27. The number of aliphatic hydroxyl groups is 1. The molecule has 1 aromatic carbocycles. The maximum atomic E-state index is 13.5. The minimum Gasteiger partial charge on any atom is -0.394 e. The van der Waals surface area contributed by atoms with Crippen molar-refractivity contribution >= 4 is 5.91 Å². The third-order valence-electron chi connectivity index (χ3n) is 3.55. The summed E-state index contributed by atoms with van der Waals surface area (Å²) in [5, 5.41) is 9.24. The predicted molar refractivity (Wildman–Crippen MR) is 66.5 cm³/mol. The minimum absolute atomic E-state index is 0.106. The van der Waals surface area contributed by atoms with Gasteiger partial charge in [0.05, 0.1) is 19.1 Å². The topological polar surface area (TPSA) is 40.5 Å². The Bertz CT molecular complexity index is 445. The molecule has 3 nitrogen and oxygen atoms in total. The number of aliphatic hydroxyl groups excluding tert-OH is 1. The van der Waals surface area contributed by atoms with Crippen molar-refractivity contribution < 1.29 is 18.7 Å². The molecule has 0 saturated carbocycles. The van der Waals surface area contributed by atoms with Crippen molar-refractivity contribution in [2.24, 2.45) is 0 Å². The van der Waals surface area contributed by atoms with E-state index in [0.717, 1.165) is 31.4 Å². The molecule has 1 saturated heterocycles. The third-order valence-corrected chi connectivity index (χ3v) is 3.55. The van der Waals surface area contributed by atoms with E-state index < -0.39 is 11.6 Å². The van der Waals surface area contributed by atoms with Gasteiger partial charge in [0.25, 0.3) is 0 Å². The van der Waals surface area contributed by atoms with Crippen LogP contribution in [0.5, 0.6) is 0 Å². The molecule has 19 heavy (non-hydrogen) atoms. The molecule has 1 unspecified atom stereocenters. The first-order valence-corrected chi connectivity index (χ1v) is 6.46. The average molecular weight is 269 g/mol. The maximum absolute atomic E-state index is 13.5. The van der Waals surface area contributed by atoms with E-state index in [0.29, 0.717) is 6.54 Å². The second-order valence-corrected chi connectivity index (χ2v) is 4.80. The fraction of sp³-hybridized carbons (Fsp3) is 0.500. The summed E-state index contributed by atoms with van der Waals surface area (Å²) in [7, 11) is 0. The van der Waals surface area contributed by atoms with Gasteiger partial charge in [-0.25, -0.2) is 8.78 Å². The summed E-state index contributed by atoms with van der Waals surface area (Å²) < 4.78 is 27.0. The second-order valence-electron chi connectivity index (χ2n) is 4.80. The van der Waals surface area contributed by atoms with Crippen molar-refractivity contribution in [1.82, 2.24) is 4.90 Å². The first-order valence-electron chi connectivity index (χ1n) is 6.46. The summed E-state index contributed by atoms with van der Waals surface area (Å²) in [5.74, 6) is -1.74. The molecule has 0 spiro atoms. The Morgan fingerprint density at radius 3 is 2.63 bits per heavy atom. The number of piperidine rings is 1. The zero-order chi connectivity index (χ0) is 13.8. The average Bonchev–Trinajstić information content (AvgIpc) is 2.42. The number of hydrogen-bond donors (Lipinski definition) is 1. The van der Waals surface area contributed by atoms with Gasteiger partial charge in [-0.15, -0.1) is 0 Å². The molecule has 0 bridgehead atoms. The van der Waals surface area contributed by atoms with Gasteiger partial charge in [-0.3, -0.25) is 4.79 Å². The van der Waals surface area contributed by atoms with Gasteiger partial charge < -0.3 is 10.0 Å². The van der Waals surface area contributed by atoms with Crippen molar-refractivity contribution in [3.63, 3.8) is 0 Å². The zero-order valence-electron chi connectivity index (χ0n) is 10.6. The molecule has 2 rings (SSSR count).